The molecule has 0 radical (unpaired) electrons. The maximum Gasteiger partial charge on any atom is 0.312 e. The molecule has 3 atom stereocenters. The van der Waals surface area contributed by atoms with Crippen molar-refractivity contribution in [3.8, 4) is 0 Å². The molecule has 0 aliphatic heterocycles. The summed E-state index contributed by atoms with van der Waals surface area (Å²) in [5.74, 6) is -2.06. The van der Waals surface area contributed by atoms with Crippen LogP contribution < -0.4 is 5.56 Å². The standard InChI is InChI=1S/C16H17ClN2O4/c1-16(22)7-10-12(14(20)19-18-10)11(13(16)15(21)23-2)8-3-5-9(17)6-4-8/h3-6,11,13,22H,7H2,1-2H3,(H2,18,19,20)/t11-,13+,16-/m0/s1. The number of carbonyl (C=O) groups excluding carboxylic acids is 1. The van der Waals surface area contributed by atoms with E-state index in [0.29, 0.717) is 16.3 Å². The van der Waals surface area contributed by atoms with E-state index in [1.54, 1.807) is 31.2 Å². The van der Waals surface area contributed by atoms with Gasteiger partial charge in [-0.15, -0.1) is 0 Å². The number of aromatic nitrogens is 2. The zero-order chi connectivity index (χ0) is 16.8. The van der Waals surface area contributed by atoms with Gasteiger partial charge in [0.25, 0.3) is 5.56 Å². The van der Waals surface area contributed by atoms with E-state index < -0.39 is 23.4 Å². The number of rotatable bonds is 2. The number of halogens is 1. The summed E-state index contributed by atoms with van der Waals surface area (Å²) < 4.78 is 4.88. The zero-order valence-electron chi connectivity index (χ0n) is 12.7. The first-order chi connectivity index (χ1) is 10.8. The van der Waals surface area contributed by atoms with E-state index in [9.17, 15) is 14.7 Å². The Morgan fingerprint density at radius 2 is 2.00 bits per heavy atom. The number of aliphatic hydroxyl groups is 1. The Balaban J connectivity index is 2.24. The predicted molar refractivity (Wildman–Crippen MR) is 84.5 cm³/mol. The van der Waals surface area contributed by atoms with Crippen LogP contribution in [0.15, 0.2) is 29.1 Å². The second-order valence-corrected chi connectivity index (χ2v) is 6.47. The molecule has 0 unspecified atom stereocenters. The number of fused-ring (bicyclic) bond motifs is 1. The zero-order valence-corrected chi connectivity index (χ0v) is 13.5. The largest absolute Gasteiger partial charge is 0.469 e. The minimum atomic E-state index is -1.35. The number of methoxy groups -OCH3 is 1. The molecule has 3 rings (SSSR count). The fourth-order valence-electron chi connectivity index (χ4n) is 3.41. The van der Waals surface area contributed by atoms with Gasteiger partial charge < -0.3 is 14.9 Å². The second kappa shape index (κ2) is 5.54. The van der Waals surface area contributed by atoms with Crippen LogP contribution in [0.25, 0.3) is 0 Å². The van der Waals surface area contributed by atoms with Gasteiger partial charge in [0.2, 0.25) is 0 Å². The lowest BCUT2D eigenvalue weighted by atomic mass is 9.66. The van der Waals surface area contributed by atoms with Crippen molar-refractivity contribution in [1.29, 1.82) is 0 Å². The molecule has 1 aromatic carbocycles. The minimum absolute atomic E-state index is 0.158. The van der Waals surface area contributed by atoms with Gasteiger partial charge in [-0.1, -0.05) is 23.7 Å². The van der Waals surface area contributed by atoms with Crippen LogP contribution in [0.5, 0.6) is 0 Å². The molecule has 1 aliphatic rings. The lowest BCUT2D eigenvalue weighted by Crippen LogP contribution is -2.49. The van der Waals surface area contributed by atoms with Crippen LogP contribution in [-0.2, 0) is 16.0 Å². The average molecular weight is 337 g/mol. The monoisotopic (exact) mass is 336 g/mol. The van der Waals surface area contributed by atoms with E-state index in [1.165, 1.54) is 7.11 Å². The van der Waals surface area contributed by atoms with E-state index in [0.717, 1.165) is 5.56 Å². The molecule has 1 aromatic heterocycles. The molecule has 0 spiro atoms. The Hall–Kier alpha value is -2.05. The SMILES string of the molecule is COC(=O)[C@H]1[C@@H](c2ccc(Cl)cc2)c2c([nH][nH]c2=O)C[C@]1(C)O. The minimum Gasteiger partial charge on any atom is -0.469 e. The molecule has 1 heterocycles. The van der Waals surface area contributed by atoms with Crippen LogP contribution in [0.3, 0.4) is 0 Å². The predicted octanol–water partition coefficient (Wildman–Crippen LogP) is 1.58. The number of ether oxygens (including phenoxy) is 1. The maximum absolute atomic E-state index is 12.3. The summed E-state index contributed by atoms with van der Waals surface area (Å²) in [6.07, 6.45) is 0.158. The van der Waals surface area contributed by atoms with E-state index in [1.807, 2.05) is 0 Å². The summed E-state index contributed by atoms with van der Waals surface area (Å²) in [4.78, 5) is 24.6. The Morgan fingerprint density at radius 3 is 2.61 bits per heavy atom. The van der Waals surface area contributed by atoms with Gasteiger partial charge >= 0.3 is 5.97 Å². The highest BCUT2D eigenvalue weighted by Gasteiger charge is 2.51. The van der Waals surface area contributed by atoms with Crippen molar-refractivity contribution in [3.63, 3.8) is 0 Å². The molecule has 0 saturated carbocycles. The summed E-state index contributed by atoms with van der Waals surface area (Å²) in [5.41, 5.74) is 0.116. The summed E-state index contributed by atoms with van der Waals surface area (Å²) in [6.45, 7) is 1.58. The quantitative estimate of drug-likeness (QED) is 0.726. The van der Waals surface area contributed by atoms with Crippen molar-refractivity contribution < 1.29 is 14.6 Å². The van der Waals surface area contributed by atoms with Crippen molar-refractivity contribution in [2.75, 3.05) is 7.11 Å². The van der Waals surface area contributed by atoms with Crippen LogP contribution in [-0.4, -0.2) is 34.0 Å². The molecule has 0 amide bonds. The van der Waals surface area contributed by atoms with Gasteiger partial charge in [-0.2, -0.15) is 0 Å². The summed E-state index contributed by atoms with van der Waals surface area (Å²) in [5, 5.41) is 16.7. The first-order valence-electron chi connectivity index (χ1n) is 7.20. The molecule has 23 heavy (non-hydrogen) atoms. The number of hydrogen-bond acceptors (Lipinski definition) is 4. The Morgan fingerprint density at radius 1 is 1.35 bits per heavy atom. The van der Waals surface area contributed by atoms with Crippen molar-refractivity contribution in [1.82, 2.24) is 10.2 Å². The van der Waals surface area contributed by atoms with E-state index in [2.05, 4.69) is 10.2 Å². The fourth-order valence-corrected chi connectivity index (χ4v) is 3.54. The van der Waals surface area contributed by atoms with E-state index in [-0.39, 0.29) is 12.0 Å². The van der Waals surface area contributed by atoms with Crippen LogP contribution in [0, 0.1) is 5.92 Å². The van der Waals surface area contributed by atoms with Gasteiger partial charge in [-0.25, -0.2) is 0 Å². The molecule has 6 nitrogen and oxygen atoms in total. The highest BCUT2D eigenvalue weighted by molar-refractivity contribution is 6.30. The van der Waals surface area contributed by atoms with Gasteiger partial charge in [0, 0.05) is 28.6 Å². The van der Waals surface area contributed by atoms with E-state index >= 15 is 0 Å². The van der Waals surface area contributed by atoms with Gasteiger partial charge in [0.05, 0.1) is 18.6 Å². The normalized spacial score (nSPS) is 26.6. The van der Waals surface area contributed by atoms with Gasteiger partial charge in [0.1, 0.15) is 0 Å². The van der Waals surface area contributed by atoms with Crippen molar-refractivity contribution in [2.24, 2.45) is 5.92 Å². The summed E-state index contributed by atoms with van der Waals surface area (Å²) >= 11 is 5.93. The first kappa shape index (κ1) is 15.8. The van der Waals surface area contributed by atoms with Crippen LogP contribution >= 0.6 is 11.6 Å². The van der Waals surface area contributed by atoms with Gasteiger partial charge in [0.15, 0.2) is 0 Å². The average Bonchev–Trinajstić information content (AvgIpc) is 2.85. The third kappa shape index (κ3) is 2.58. The van der Waals surface area contributed by atoms with Gasteiger partial charge in [-0.05, 0) is 24.6 Å². The molecule has 1 aliphatic carbocycles. The number of hydrogen-bond donors (Lipinski definition) is 3. The van der Waals surface area contributed by atoms with Crippen LogP contribution in [0.2, 0.25) is 5.02 Å². The molecular formula is C16H17ClN2O4. The van der Waals surface area contributed by atoms with Crippen molar-refractivity contribution in [3.05, 3.63) is 56.5 Å². The molecule has 7 heteroatoms. The summed E-state index contributed by atoms with van der Waals surface area (Å²) in [7, 11) is 1.27. The molecule has 122 valence electrons. The first-order valence-corrected chi connectivity index (χ1v) is 7.58. The summed E-state index contributed by atoms with van der Waals surface area (Å²) in [6, 6.07) is 6.88. The number of carbonyl (C=O) groups is 1. The number of benzene rings is 1. The lowest BCUT2D eigenvalue weighted by molar-refractivity contribution is -0.156. The number of aromatic amines is 2. The number of nitrogens with one attached hydrogen (secondary N) is 2. The van der Waals surface area contributed by atoms with Crippen molar-refractivity contribution in [2.45, 2.75) is 24.9 Å². The topological polar surface area (TPSA) is 95.2 Å². The van der Waals surface area contributed by atoms with E-state index in [4.69, 9.17) is 16.3 Å². The Labute approximate surface area is 137 Å². The molecule has 2 aromatic rings. The molecule has 3 N–H and O–H groups in total. The fraction of sp³-hybridized carbons (Fsp3) is 0.375. The second-order valence-electron chi connectivity index (χ2n) is 6.04. The molecule has 0 bridgehead atoms. The third-order valence-corrected chi connectivity index (χ3v) is 4.68. The smallest absolute Gasteiger partial charge is 0.312 e. The Bertz CT molecular complexity index is 791. The highest BCUT2D eigenvalue weighted by atomic mass is 35.5. The van der Waals surface area contributed by atoms with Crippen LogP contribution in [0.4, 0.5) is 0 Å². The lowest BCUT2D eigenvalue weighted by Gasteiger charge is -2.40. The molecule has 0 saturated heterocycles. The molecular weight excluding hydrogens is 320 g/mol. The molecule has 0 fully saturated rings. The number of H-pyrrole nitrogens is 2. The Kier molecular flexibility index (Phi) is 3.82. The maximum atomic E-state index is 12.3. The highest BCUT2D eigenvalue weighted by Crippen LogP contribution is 2.44. The van der Waals surface area contributed by atoms with Gasteiger partial charge in [-0.3, -0.25) is 14.7 Å². The van der Waals surface area contributed by atoms with Crippen molar-refractivity contribution >= 4 is 17.6 Å². The number of esters is 1. The van der Waals surface area contributed by atoms with Crippen LogP contribution in [0.1, 0.15) is 29.7 Å². The third-order valence-electron chi connectivity index (χ3n) is 4.43.